The van der Waals surface area contributed by atoms with Gasteiger partial charge in [-0.1, -0.05) is 12.1 Å². The Morgan fingerprint density at radius 2 is 1.92 bits per heavy atom. The van der Waals surface area contributed by atoms with Crippen LogP contribution in [0.15, 0.2) is 24.3 Å². The summed E-state index contributed by atoms with van der Waals surface area (Å²) in [4.78, 5) is 17.2. The van der Waals surface area contributed by atoms with E-state index in [0.29, 0.717) is 6.04 Å². The van der Waals surface area contributed by atoms with Crippen molar-refractivity contribution in [1.29, 1.82) is 0 Å². The van der Waals surface area contributed by atoms with Gasteiger partial charge in [-0.15, -0.1) is 0 Å². The lowest BCUT2D eigenvalue weighted by atomic mass is 9.96. The molecule has 1 aromatic rings. The molecule has 0 aliphatic carbocycles. The third kappa shape index (κ3) is 6.44. The van der Waals surface area contributed by atoms with E-state index >= 15 is 0 Å². The first kappa shape index (κ1) is 19.9. The van der Waals surface area contributed by atoms with Gasteiger partial charge in [0.05, 0.1) is 5.60 Å². The first-order valence-electron chi connectivity index (χ1n) is 9.53. The van der Waals surface area contributed by atoms with Crippen LogP contribution in [0.4, 0.5) is 0 Å². The van der Waals surface area contributed by atoms with Crippen LogP contribution >= 0.6 is 0 Å². The van der Waals surface area contributed by atoms with Gasteiger partial charge in [-0.2, -0.15) is 0 Å². The van der Waals surface area contributed by atoms with Gasteiger partial charge in [0.15, 0.2) is 0 Å². The number of amides is 1. The molecule has 25 heavy (non-hydrogen) atoms. The molecule has 1 aliphatic heterocycles. The summed E-state index contributed by atoms with van der Waals surface area (Å²) >= 11 is 0. The fraction of sp³-hybridized carbons (Fsp3) is 0.667. The number of hydrogen-bond acceptors (Lipinski definition) is 3. The van der Waals surface area contributed by atoms with Crippen molar-refractivity contribution in [1.82, 2.24) is 9.80 Å². The number of carbonyl (C=O) groups excluding carboxylic acids is 1. The SMILES string of the molecule is CN(C)CCC1CCCCN1C(=O)c1ccc(CCC(C)(C)O)cc1. The Bertz CT molecular complexity index is 546. The average molecular weight is 347 g/mol. The predicted molar refractivity (Wildman–Crippen MR) is 103 cm³/mol. The Balaban J connectivity index is 2.00. The van der Waals surface area contributed by atoms with Gasteiger partial charge in [-0.3, -0.25) is 4.79 Å². The molecule has 0 bridgehead atoms. The number of rotatable bonds is 7. The van der Waals surface area contributed by atoms with Crippen molar-refractivity contribution in [3.8, 4) is 0 Å². The fourth-order valence-corrected chi connectivity index (χ4v) is 3.41. The zero-order chi connectivity index (χ0) is 18.4. The lowest BCUT2D eigenvalue weighted by molar-refractivity contribution is 0.0590. The van der Waals surface area contributed by atoms with Crippen LogP contribution in [0, 0.1) is 0 Å². The normalized spacial score (nSPS) is 18.6. The summed E-state index contributed by atoms with van der Waals surface area (Å²) in [5.74, 6) is 0.164. The maximum atomic E-state index is 13.0. The number of nitrogens with zero attached hydrogens (tertiary/aromatic N) is 2. The number of carbonyl (C=O) groups is 1. The molecule has 1 aromatic carbocycles. The third-order valence-corrected chi connectivity index (χ3v) is 5.02. The Morgan fingerprint density at radius 1 is 1.24 bits per heavy atom. The second kappa shape index (κ2) is 8.81. The van der Waals surface area contributed by atoms with Crippen molar-refractivity contribution in [2.45, 2.75) is 64.0 Å². The highest BCUT2D eigenvalue weighted by molar-refractivity contribution is 5.94. The molecule has 1 heterocycles. The smallest absolute Gasteiger partial charge is 0.254 e. The molecule has 1 amide bonds. The lowest BCUT2D eigenvalue weighted by Gasteiger charge is -2.36. The number of benzene rings is 1. The van der Waals surface area contributed by atoms with Crippen molar-refractivity contribution < 1.29 is 9.90 Å². The maximum absolute atomic E-state index is 13.0. The van der Waals surface area contributed by atoms with Gasteiger partial charge in [0.1, 0.15) is 0 Å². The molecule has 0 saturated carbocycles. The Hall–Kier alpha value is -1.39. The van der Waals surface area contributed by atoms with Crippen molar-refractivity contribution in [3.63, 3.8) is 0 Å². The van der Waals surface area contributed by atoms with Crippen LogP contribution in [-0.4, -0.2) is 59.6 Å². The number of piperidine rings is 1. The van der Waals surface area contributed by atoms with E-state index in [9.17, 15) is 9.90 Å². The van der Waals surface area contributed by atoms with E-state index < -0.39 is 5.60 Å². The molecule has 1 unspecified atom stereocenters. The Kier molecular flexibility index (Phi) is 7.03. The zero-order valence-electron chi connectivity index (χ0n) is 16.3. The van der Waals surface area contributed by atoms with Gasteiger partial charge in [-0.25, -0.2) is 0 Å². The first-order valence-corrected chi connectivity index (χ1v) is 9.53. The minimum Gasteiger partial charge on any atom is -0.390 e. The monoisotopic (exact) mass is 346 g/mol. The van der Waals surface area contributed by atoms with E-state index in [1.165, 1.54) is 12.0 Å². The average Bonchev–Trinajstić information content (AvgIpc) is 2.57. The highest BCUT2D eigenvalue weighted by Gasteiger charge is 2.27. The molecule has 140 valence electrons. The van der Waals surface area contributed by atoms with Crippen LogP contribution in [0.3, 0.4) is 0 Å². The standard InChI is InChI=1S/C21H34N2O2/c1-21(2,25)14-12-17-8-10-18(11-9-17)20(24)23-15-6-5-7-19(23)13-16-22(3)4/h8-11,19,25H,5-7,12-16H2,1-4H3. The topological polar surface area (TPSA) is 43.8 Å². The molecule has 2 rings (SSSR count). The molecule has 1 saturated heterocycles. The second-order valence-corrected chi connectivity index (χ2v) is 8.25. The quantitative estimate of drug-likeness (QED) is 0.823. The lowest BCUT2D eigenvalue weighted by Crippen LogP contribution is -2.44. The molecule has 1 atom stereocenters. The Morgan fingerprint density at radius 3 is 2.52 bits per heavy atom. The van der Waals surface area contributed by atoms with Gasteiger partial charge in [0.25, 0.3) is 5.91 Å². The fourth-order valence-electron chi connectivity index (χ4n) is 3.41. The van der Waals surface area contributed by atoms with Crippen LogP contribution in [0.5, 0.6) is 0 Å². The third-order valence-electron chi connectivity index (χ3n) is 5.02. The second-order valence-electron chi connectivity index (χ2n) is 8.25. The van der Waals surface area contributed by atoms with Crippen LogP contribution in [0.25, 0.3) is 0 Å². The number of likely N-dealkylation sites (tertiary alicyclic amines) is 1. The summed E-state index contributed by atoms with van der Waals surface area (Å²) in [5, 5.41) is 9.85. The molecule has 1 aliphatic rings. The molecule has 0 spiro atoms. The Labute approximate surface area is 152 Å². The van der Waals surface area contributed by atoms with E-state index in [4.69, 9.17) is 0 Å². The summed E-state index contributed by atoms with van der Waals surface area (Å²) in [6, 6.07) is 8.30. The van der Waals surface area contributed by atoms with E-state index in [1.54, 1.807) is 0 Å². The molecule has 4 heteroatoms. The summed E-state index contributed by atoms with van der Waals surface area (Å²) in [7, 11) is 4.17. The summed E-state index contributed by atoms with van der Waals surface area (Å²) in [5.41, 5.74) is 1.30. The van der Waals surface area contributed by atoms with Crippen molar-refractivity contribution in [2.75, 3.05) is 27.2 Å². The number of aryl methyl sites for hydroxylation is 1. The predicted octanol–water partition coefficient (Wildman–Crippen LogP) is 3.34. The van der Waals surface area contributed by atoms with E-state index in [-0.39, 0.29) is 5.91 Å². The van der Waals surface area contributed by atoms with Crippen molar-refractivity contribution >= 4 is 5.91 Å². The van der Waals surface area contributed by atoms with Crippen LogP contribution in [0.2, 0.25) is 0 Å². The highest BCUT2D eigenvalue weighted by Crippen LogP contribution is 2.23. The van der Waals surface area contributed by atoms with Gasteiger partial charge < -0.3 is 14.9 Å². The molecular weight excluding hydrogens is 312 g/mol. The molecule has 0 aromatic heterocycles. The van der Waals surface area contributed by atoms with E-state index in [1.807, 2.05) is 38.1 Å². The first-order chi connectivity index (χ1) is 11.8. The van der Waals surface area contributed by atoms with Crippen LogP contribution in [-0.2, 0) is 6.42 Å². The summed E-state index contributed by atoms with van der Waals surface area (Å²) < 4.78 is 0. The maximum Gasteiger partial charge on any atom is 0.254 e. The van der Waals surface area contributed by atoms with Crippen molar-refractivity contribution in [3.05, 3.63) is 35.4 Å². The van der Waals surface area contributed by atoms with E-state index in [2.05, 4.69) is 23.9 Å². The van der Waals surface area contributed by atoms with Gasteiger partial charge in [0.2, 0.25) is 0 Å². The molecular formula is C21H34N2O2. The van der Waals surface area contributed by atoms with Gasteiger partial charge in [-0.05, 0) is 90.7 Å². The largest absolute Gasteiger partial charge is 0.390 e. The van der Waals surface area contributed by atoms with Crippen LogP contribution < -0.4 is 0 Å². The van der Waals surface area contributed by atoms with Crippen molar-refractivity contribution in [2.24, 2.45) is 0 Å². The van der Waals surface area contributed by atoms with E-state index in [0.717, 1.165) is 50.8 Å². The molecule has 1 fully saturated rings. The summed E-state index contributed by atoms with van der Waals surface area (Å²) in [6.07, 6.45) is 6.03. The molecule has 1 N–H and O–H groups in total. The number of aliphatic hydroxyl groups is 1. The molecule has 0 radical (unpaired) electrons. The molecule has 4 nitrogen and oxygen atoms in total. The van der Waals surface area contributed by atoms with Gasteiger partial charge >= 0.3 is 0 Å². The zero-order valence-corrected chi connectivity index (χ0v) is 16.3. The van der Waals surface area contributed by atoms with Gasteiger partial charge in [0, 0.05) is 18.2 Å². The minimum atomic E-state index is -0.651. The summed E-state index contributed by atoms with van der Waals surface area (Å²) in [6.45, 7) is 5.55. The number of hydrogen-bond donors (Lipinski definition) is 1. The highest BCUT2D eigenvalue weighted by atomic mass is 16.3. The minimum absolute atomic E-state index is 0.164. The van der Waals surface area contributed by atoms with Crippen LogP contribution in [0.1, 0.15) is 61.9 Å².